The number of β-amino-alcohol motifs (C(OH)–C–C–N with tert-alkyl or cyclic N) is 1. The molecule has 1 fully saturated rings. The molecule has 1 saturated heterocycles. The fraction of sp³-hybridized carbons (Fsp3) is 0.636. The highest BCUT2D eigenvalue weighted by molar-refractivity contribution is 5.35. The van der Waals surface area contributed by atoms with Crippen molar-refractivity contribution in [2.75, 3.05) is 18.0 Å². The second-order valence-electron chi connectivity index (χ2n) is 4.61. The third kappa shape index (κ3) is 2.15. The molecular weight excluding hydrogens is 206 g/mol. The predicted octanol–water partition coefficient (Wildman–Crippen LogP) is 0.238. The van der Waals surface area contributed by atoms with Gasteiger partial charge in [-0.15, -0.1) is 0 Å². The van der Waals surface area contributed by atoms with E-state index in [1.165, 1.54) is 0 Å². The summed E-state index contributed by atoms with van der Waals surface area (Å²) in [4.78, 5) is 10.5. The Hall–Kier alpha value is -1.20. The highest BCUT2D eigenvalue weighted by Gasteiger charge is 2.32. The van der Waals surface area contributed by atoms with E-state index in [1.54, 1.807) is 6.20 Å². The number of anilines is 1. The highest BCUT2D eigenvalue weighted by atomic mass is 16.3. The van der Waals surface area contributed by atoms with E-state index in [9.17, 15) is 5.11 Å². The largest absolute Gasteiger partial charge is 0.392 e. The lowest BCUT2D eigenvalue weighted by molar-refractivity contribution is 0.0838. The number of aromatic nitrogens is 2. The Labute approximate surface area is 94.8 Å². The number of nitrogens with zero attached hydrogens (tertiary/aromatic N) is 3. The Morgan fingerprint density at radius 2 is 2.31 bits per heavy atom. The van der Waals surface area contributed by atoms with Gasteiger partial charge in [-0.05, 0) is 20.3 Å². The molecule has 0 aliphatic carbocycles. The fourth-order valence-corrected chi connectivity index (χ4v) is 1.90. The highest BCUT2D eigenvalue weighted by Crippen LogP contribution is 2.24. The first-order valence-electron chi connectivity index (χ1n) is 5.42. The van der Waals surface area contributed by atoms with Gasteiger partial charge in [0.05, 0.1) is 12.2 Å². The fourth-order valence-electron chi connectivity index (χ4n) is 1.90. The van der Waals surface area contributed by atoms with Crippen molar-refractivity contribution in [3.8, 4) is 0 Å². The minimum atomic E-state index is -0.646. The van der Waals surface area contributed by atoms with Gasteiger partial charge < -0.3 is 15.1 Å². The van der Waals surface area contributed by atoms with Crippen LogP contribution in [0.2, 0.25) is 0 Å². The van der Waals surface area contributed by atoms with Crippen molar-refractivity contribution in [2.24, 2.45) is 0 Å². The summed E-state index contributed by atoms with van der Waals surface area (Å²) in [6.45, 7) is 4.96. The van der Waals surface area contributed by atoms with Crippen LogP contribution in [0.15, 0.2) is 6.20 Å². The van der Waals surface area contributed by atoms with Crippen molar-refractivity contribution in [2.45, 2.75) is 32.5 Å². The lowest BCUT2D eigenvalue weighted by Crippen LogP contribution is -2.30. The maximum absolute atomic E-state index is 9.86. The summed E-state index contributed by atoms with van der Waals surface area (Å²) in [7, 11) is 0. The molecular formula is C11H17N3O2. The van der Waals surface area contributed by atoms with Crippen LogP contribution >= 0.6 is 0 Å². The van der Waals surface area contributed by atoms with Gasteiger partial charge in [0.25, 0.3) is 0 Å². The maximum Gasteiger partial charge on any atom is 0.225 e. The Morgan fingerprint density at radius 1 is 1.56 bits per heavy atom. The topological polar surface area (TPSA) is 69.5 Å². The normalized spacial score (nSPS) is 25.1. The third-order valence-corrected chi connectivity index (χ3v) is 2.97. The van der Waals surface area contributed by atoms with E-state index in [4.69, 9.17) is 5.11 Å². The van der Waals surface area contributed by atoms with Gasteiger partial charge in [0.15, 0.2) is 0 Å². The van der Waals surface area contributed by atoms with Crippen molar-refractivity contribution in [3.05, 3.63) is 17.5 Å². The van der Waals surface area contributed by atoms with Gasteiger partial charge in [-0.25, -0.2) is 9.97 Å². The molecule has 0 aromatic carbocycles. The summed E-state index contributed by atoms with van der Waals surface area (Å²) < 4.78 is 0. The molecule has 1 aliphatic heterocycles. The van der Waals surface area contributed by atoms with E-state index in [2.05, 4.69) is 9.97 Å². The number of hydrogen-bond donors (Lipinski definition) is 2. The van der Waals surface area contributed by atoms with Crippen LogP contribution in [0.1, 0.15) is 24.6 Å². The quantitative estimate of drug-likeness (QED) is 0.751. The molecule has 0 spiro atoms. The van der Waals surface area contributed by atoms with Crippen LogP contribution in [0, 0.1) is 6.92 Å². The molecule has 88 valence electrons. The minimum absolute atomic E-state index is 0.0379. The van der Waals surface area contributed by atoms with Gasteiger partial charge in [-0.3, -0.25) is 0 Å². The van der Waals surface area contributed by atoms with Crippen molar-refractivity contribution < 1.29 is 10.2 Å². The summed E-state index contributed by atoms with van der Waals surface area (Å²) in [6, 6.07) is 0. The molecule has 1 unspecified atom stereocenters. The average Bonchev–Trinajstić information content (AvgIpc) is 2.59. The van der Waals surface area contributed by atoms with E-state index in [1.807, 2.05) is 18.7 Å². The summed E-state index contributed by atoms with van der Waals surface area (Å²) in [5.41, 5.74) is 0.890. The number of aliphatic hydroxyl groups excluding tert-OH is 1. The SMILES string of the molecule is Cc1nc(N2CCC(C)(O)C2)ncc1CO. The molecule has 0 radical (unpaired) electrons. The Kier molecular flexibility index (Phi) is 2.82. The first-order valence-corrected chi connectivity index (χ1v) is 5.42. The summed E-state index contributed by atoms with van der Waals surface area (Å²) in [5, 5.41) is 18.9. The van der Waals surface area contributed by atoms with Crippen molar-refractivity contribution in [1.82, 2.24) is 9.97 Å². The van der Waals surface area contributed by atoms with Gasteiger partial charge in [0.1, 0.15) is 0 Å². The molecule has 1 aromatic heterocycles. The third-order valence-electron chi connectivity index (χ3n) is 2.97. The van der Waals surface area contributed by atoms with E-state index >= 15 is 0 Å². The second kappa shape index (κ2) is 3.99. The van der Waals surface area contributed by atoms with Gasteiger partial charge in [0.2, 0.25) is 5.95 Å². The minimum Gasteiger partial charge on any atom is -0.392 e. The Balaban J connectivity index is 2.20. The molecule has 2 heterocycles. The van der Waals surface area contributed by atoms with Crippen LogP contribution in [0.3, 0.4) is 0 Å². The van der Waals surface area contributed by atoms with E-state index < -0.39 is 5.60 Å². The predicted molar refractivity (Wildman–Crippen MR) is 60.1 cm³/mol. The molecule has 0 amide bonds. The van der Waals surface area contributed by atoms with Crippen LogP contribution in [-0.2, 0) is 6.61 Å². The second-order valence-corrected chi connectivity index (χ2v) is 4.61. The lowest BCUT2D eigenvalue weighted by Gasteiger charge is -2.19. The molecule has 0 bridgehead atoms. The molecule has 5 nitrogen and oxygen atoms in total. The van der Waals surface area contributed by atoms with Crippen LogP contribution in [0.4, 0.5) is 5.95 Å². The van der Waals surface area contributed by atoms with Crippen LogP contribution < -0.4 is 4.90 Å². The summed E-state index contributed by atoms with van der Waals surface area (Å²) in [5.74, 6) is 0.632. The summed E-state index contributed by atoms with van der Waals surface area (Å²) in [6.07, 6.45) is 2.38. The lowest BCUT2D eigenvalue weighted by atomic mass is 10.1. The van der Waals surface area contributed by atoms with Crippen LogP contribution in [0.5, 0.6) is 0 Å². The Morgan fingerprint density at radius 3 is 2.81 bits per heavy atom. The smallest absolute Gasteiger partial charge is 0.225 e. The van der Waals surface area contributed by atoms with E-state index in [0.29, 0.717) is 12.5 Å². The molecule has 16 heavy (non-hydrogen) atoms. The van der Waals surface area contributed by atoms with Crippen molar-refractivity contribution in [1.29, 1.82) is 0 Å². The average molecular weight is 223 g/mol. The zero-order chi connectivity index (χ0) is 11.8. The number of hydrogen-bond acceptors (Lipinski definition) is 5. The Bertz CT molecular complexity index is 393. The number of aliphatic hydroxyl groups is 2. The number of aryl methyl sites for hydroxylation is 1. The zero-order valence-corrected chi connectivity index (χ0v) is 9.64. The van der Waals surface area contributed by atoms with E-state index in [-0.39, 0.29) is 6.61 Å². The first kappa shape index (κ1) is 11.3. The van der Waals surface area contributed by atoms with Crippen molar-refractivity contribution in [3.63, 3.8) is 0 Å². The van der Waals surface area contributed by atoms with Gasteiger partial charge >= 0.3 is 0 Å². The molecule has 2 N–H and O–H groups in total. The van der Waals surface area contributed by atoms with E-state index in [0.717, 1.165) is 24.2 Å². The van der Waals surface area contributed by atoms with Crippen molar-refractivity contribution >= 4 is 5.95 Å². The number of rotatable bonds is 2. The molecule has 0 saturated carbocycles. The molecule has 1 atom stereocenters. The van der Waals surface area contributed by atoms with Gasteiger partial charge in [-0.1, -0.05) is 0 Å². The van der Waals surface area contributed by atoms with Gasteiger partial charge in [-0.2, -0.15) is 0 Å². The van der Waals surface area contributed by atoms with Crippen LogP contribution in [0.25, 0.3) is 0 Å². The zero-order valence-electron chi connectivity index (χ0n) is 9.64. The van der Waals surface area contributed by atoms with Crippen LogP contribution in [-0.4, -0.2) is 38.9 Å². The standard InChI is InChI=1S/C11H17N3O2/c1-8-9(6-15)5-12-10(13-8)14-4-3-11(2,16)7-14/h5,15-16H,3-4,6-7H2,1-2H3. The maximum atomic E-state index is 9.86. The molecule has 1 aromatic rings. The monoisotopic (exact) mass is 223 g/mol. The molecule has 2 rings (SSSR count). The summed E-state index contributed by atoms with van der Waals surface area (Å²) >= 11 is 0. The molecule has 1 aliphatic rings. The first-order chi connectivity index (χ1) is 7.52. The van der Waals surface area contributed by atoms with Gasteiger partial charge in [0, 0.05) is 30.5 Å². The molecule has 5 heteroatoms.